The zero-order chi connectivity index (χ0) is 18.0. The van der Waals surface area contributed by atoms with Crippen molar-refractivity contribution in [1.29, 1.82) is 0 Å². The third-order valence-corrected chi connectivity index (χ3v) is 5.34. The molecular formula is C22H29ClN2O. The summed E-state index contributed by atoms with van der Waals surface area (Å²) in [6.45, 7) is 6.86. The van der Waals surface area contributed by atoms with Crippen LogP contribution in [0, 0.1) is 5.41 Å². The largest absolute Gasteiger partial charge is 0.354 e. The van der Waals surface area contributed by atoms with E-state index in [2.05, 4.69) is 55.6 Å². The molecule has 26 heavy (non-hydrogen) atoms. The standard InChI is InChI=1S/C22H28N2O.ClH/c1-15(2)16-8-10-17(11-9-16)20(23)14-24-21(25)22(3)12-18-6-4-5-7-19(18)13-22;/h4-11,15,20H,12-14,23H2,1-3H3,(H,24,25);1H/t20-;/m0./s1. The summed E-state index contributed by atoms with van der Waals surface area (Å²) >= 11 is 0. The van der Waals surface area contributed by atoms with Crippen LogP contribution in [-0.2, 0) is 17.6 Å². The molecule has 0 saturated heterocycles. The Morgan fingerprint density at radius 2 is 1.54 bits per heavy atom. The van der Waals surface area contributed by atoms with Crippen LogP contribution in [0.4, 0.5) is 0 Å². The Hall–Kier alpha value is -1.84. The van der Waals surface area contributed by atoms with Gasteiger partial charge in [-0.15, -0.1) is 12.4 Å². The van der Waals surface area contributed by atoms with Gasteiger partial charge in [0.15, 0.2) is 0 Å². The molecule has 2 aromatic rings. The molecule has 0 spiro atoms. The Balaban J connectivity index is 0.00000243. The number of nitrogens with two attached hydrogens (primary N) is 1. The summed E-state index contributed by atoms with van der Waals surface area (Å²) in [6.07, 6.45) is 1.60. The minimum absolute atomic E-state index is 0. The molecule has 0 aromatic heterocycles. The van der Waals surface area contributed by atoms with Gasteiger partial charge >= 0.3 is 0 Å². The molecule has 0 saturated carbocycles. The highest BCUT2D eigenvalue weighted by molar-refractivity contribution is 5.85. The van der Waals surface area contributed by atoms with E-state index in [1.54, 1.807) is 0 Å². The second-order valence-corrected chi connectivity index (χ2v) is 7.82. The summed E-state index contributed by atoms with van der Waals surface area (Å²) in [7, 11) is 0. The minimum Gasteiger partial charge on any atom is -0.354 e. The van der Waals surface area contributed by atoms with Crippen LogP contribution in [0.1, 0.15) is 55.0 Å². The van der Waals surface area contributed by atoms with Crippen molar-refractivity contribution in [2.24, 2.45) is 11.1 Å². The highest BCUT2D eigenvalue weighted by Crippen LogP contribution is 2.36. The molecular weight excluding hydrogens is 344 g/mol. The lowest BCUT2D eigenvalue weighted by Gasteiger charge is -2.24. The van der Waals surface area contributed by atoms with E-state index in [4.69, 9.17) is 5.73 Å². The van der Waals surface area contributed by atoms with E-state index < -0.39 is 0 Å². The second kappa shape index (κ2) is 8.24. The highest BCUT2D eigenvalue weighted by Gasteiger charge is 2.39. The van der Waals surface area contributed by atoms with Gasteiger partial charge in [-0.1, -0.05) is 69.3 Å². The molecule has 0 unspecified atom stereocenters. The predicted octanol–water partition coefficient (Wildman–Crippen LogP) is 4.15. The number of benzene rings is 2. The van der Waals surface area contributed by atoms with Crippen LogP contribution in [0.3, 0.4) is 0 Å². The van der Waals surface area contributed by atoms with Crippen molar-refractivity contribution in [3.63, 3.8) is 0 Å². The molecule has 0 heterocycles. The fraction of sp³-hybridized carbons (Fsp3) is 0.409. The third kappa shape index (κ3) is 4.28. The van der Waals surface area contributed by atoms with Crippen molar-refractivity contribution in [2.75, 3.05) is 6.54 Å². The molecule has 0 radical (unpaired) electrons. The maximum atomic E-state index is 12.7. The van der Waals surface area contributed by atoms with Gasteiger partial charge in [0.2, 0.25) is 5.91 Å². The maximum absolute atomic E-state index is 12.7. The van der Waals surface area contributed by atoms with Gasteiger partial charge in [0, 0.05) is 12.6 Å². The molecule has 4 heteroatoms. The van der Waals surface area contributed by atoms with Crippen LogP contribution in [0.5, 0.6) is 0 Å². The van der Waals surface area contributed by atoms with Gasteiger partial charge in [-0.05, 0) is 41.0 Å². The van der Waals surface area contributed by atoms with E-state index in [0.717, 1.165) is 18.4 Å². The molecule has 0 bridgehead atoms. The number of nitrogens with one attached hydrogen (secondary N) is 1. The molecule has 0 aliphatic heterocycles. The molecule has 1 atom stereocenters. The summed E-state index contributed by atoms with van der Waals surface area (Å²) in [4.78, 5) is 12.7. The normalized spacial score (nSPS) is 15.9. The Kier molecular flexibility index (Phi) is 6.48. The minimum atomic E-state index is -0.370. The smallest absolute Gasteiger partial charge is 0.226 e. The molecule has 3 rings (SSSR count). The van der Waals surface area contributed by atoms with Crippen molar-refractivity contribution in [2.45, 2.75) is 45.6 Å². The van der Waals surface area contributed by atoms with E-state index >= 15 is 0 Å². The van der Waals surface area contributed by atoms with Gasteiger partial charge in [-0.25, -0.2) is 0 Å². The van der Waals surface area contributed by atoms with Gasteiger partial charge in [0.25, 0.3) is 0 Å². The maximum Gasteiger partial charge on any atom is 0.226 e. The molecule has 3 nitrogen and oxygen atoms in total. The molecule has 140 valence electrons. The SMILES string of the molecule is CC(C)c1ccc([C@@H](N)CNC(=O)C2(C)Cc3ccccc3C2)cc1.Cl. The van der Waals surface area contributed by atoms with Crippen molar-refractivity contribution in [1.82, 2.24) is 5.32 Å². The Morgan fingerprint density at radius 1 is 1.04 bits per heavy atom. The molecule has 1 aliphatic rings. The van der Waals surface area contributed by atoms with Gasteiger partial charge in [0.05, 0.1) is 5.41 Å². The van der Waals surface area contributed by atoms with Gasteiger partial charge in [0.1, 0.15) is 0 Å². The highest BCUT2D eigenvalue weighted by atomic mass is 35.5. The quantitative estimate of drug-likeness (QED) is 0.828. The van der Waals surface area contributed by atoms with Crippen molar-refractivity contribution in [3.05, 3.63) is 70.8 Å². The third-order valence-electron chi connectivity index (χ3n) is 5.34. The lowest BCUT2D eigenvalue weighted by Crippen LogP contribution is -2.42. The second-order valence-electron chi connectivity index (χ2n) is 7.82. The monoisotopic (exact) mass is 372 g/mol. The first-order chi connectivity index (χ1) is 11.9. The number of halogens is 1. The number of amides is 1. The van der Waals surface area contributed by atoms with E-state index in [-0.39, 0.29) is 29.8 Å². The lowest BCUT2D eigenvalue weighted by molar-refractivity contribution is -0.129. The first-order valence-electron chi connectivity index (χ1n) is 9.09. The number of rotatable bonds is 5. The predicted molar refractivity (Wildman–Crippen MR) is 110 cm³/mol. The van der Waals surface area contributed by atoms with Gasteiger partial charge in [-0.3, -0.25) is 4.79 Å². The number of carbonyl (C=O) groups excluding carboxylic acids is 1. The lowest BCUT2D eigenvalue weighted by atomic mass is 9.86. The molecule has 0 fully saturated rings. The number of hydrogen-bond donors (Lipinski definition) is 2. The average Bonchev–Trinajstić information content (AvgIpc) is 2.96. The van der Waals surface area contributed by atoms with E-state index in [1.807, 2.05) is 19.1 Å². The Labute approximate surface area is 162 Å². The van der Waals surface area contributed by atoms with Crippen LogP contribution in [0.2, 0.25) is 0 Å². The summed E-state index contributed by atoms with van der Waals surface area (Å²) in [6, 6.07) is 16.5. The van der Waals surface area contributed by atoms with Crippen LogP contribution in [0.15, 0.2) is 48.5 Å². The molecule has 1 amide bonds. The van der Waals surface area contributed by atoms with Gasteiger partial charge < -0.3 is 11.1 Å². The summed E-state index contributed by atoms with van der Waals surface area (Å²) in [5, 5.41) is 3.07. The van der Waals surface area contributed by atoms with Crippen molar-refractivity contribution < 1.29 is 4.79 Å². The Morgan fingerprint density at radius 3 is 2.04 bits per heavy atom. The fourth-order valence-electron chi connectivity index (χ4n) is 3.63. The first kappa shape index (κ1) is 20.5. The van der Waals surface area contributed by atoms with E-state index in [1.165, 1.54) is 16.7 Å². The number of hydrogen-bond acceptors (Lipinski definition) is 2. The Bertz CT molecular complexity index is 730. The van der Waals surface area contributed by atoms with E-state index in [9.17, 15) is 4.79 Å². The van der Waals surface area contributed by atoms with E-state index in [0.29, 0.717) is 12.5 Å². The summed E-state index contributed by atoms with van der Waals surface area (Å²) < 4.78 is 0. The van der Waals surface area contributed by atoms with Crippen LogP contribution < -0.4 is 11.1 Å². The number of carbonyl (C=O) groups is 1. The summed E-state index contributed by atoms with van der Waals surface area (Å²) in [5.74, 6) is 0.604. The van der Waals surface area contributed by atoms with Crippen LogP contribution in [-0.4, -0.2) is 12.5 Å². The molecule has 2 aromatic carbocycles. The first-order valence-corrected chi connectivity index (χ1v) is 9.09. The average molecular weight is 373 g/mol. The molecule has 1 aliphatic carbocycles. The topological polar surface area (TPSA) is 55.1 Å². The number of fused-ring (bicyclic) bond motifs is 1. The summed E-state index contributed by atoms with van der Waals surface area (Å²) in [5.41, 5.74) is 10.8. The molecule has 3 N–H and O–H groups in total. The van der Waals surface area contributed by atoms with Crippen molar-refractivity contribution in [3.8, 4) is 0 Å². The van der Waals surface area contributed by atoms with Crippen LogP contribution >= 0.6 is 12.4 Å². The zero-order valence-corrected chi connectivity index (χ0v) is 16.6. The van der Waals surface area contributed by atoms with Gasteiger partial charge in [-0.2, -0.15) is 0 Å². The van der Waals surface area contributed by atoms with Crippen LogP contribution in [0.25, 0.3) is 0 Å². The zero-order valence-electron chi connectivity index (χ0n) is 15.8. The van der Waals surface area contributed by atoms with Crippen molar-refractivity contribution >= 4 is 18.3 Å². The fourth-order valence-corrected chi connectivity index (χ4v) is 3.63.